The minimum atomic E-state index is -3.68. The molecule has 0 radical (unpaired) electrons. The zero-order valence-corrected chi connectivity index (χ0v) is 18.4. The Bertz CT molecular complexity index is 962. The maximum absolute atomic E-state index is 13.5. The Morgan fingerprint density at radius 2 is 1.97 bits per heavy atom. The minimum Gasteiger partial charge on any atom is -0.339 e. The van der Waals surface area contributed by atoms with Crippen LogP contribution in [0.3, 0.4) is 0 Å². The first-order valence-electron chi connectivity index (χ1n) is 10.6. The number of hydrogen-bond acceptors (Lipinski definition) is 5. The lowest BCUT2D eigenvalue weighted by molar-refractivity contribution is 0.189. The van der Waals surface area contributed by atoms with Crippen molar-refractivity contribution < 1.29 is 12.8 Å². The lowest BCUT2D eigenvalue weighted by atomic mass is 9.93. The van der Waals surface area contributed by atoms with Crippen molar-refractivity contribution in [2.24, 2.45) is 7.05 Å². The summed E-state index contributed by atoms with van der Waals surface area (Å²) < 4.78 is 43.0. The summed E-state index contributed by atoms with van der Waals surface area (Å²) in [6.45, 7) is 6.00. The Morgan fingerprint density at radius 3 is 2.63 bits per heavy atom. The minimum absolute atomic E-state index is 0.0317. The van der Waals surface area contributed by atoms with Gasteiger partial charge in [0, 0.05) is 50.9 Å². The Morgan fingerprint density at radius 1 is 1.20 bits per heavy atom. The van der Waals surface area contributed by atoms with Crippen LogP contribution in [0.5, 0.6) is 0 Å². The van der Waals surface area contributed by atoms with Crippen LogP contribution in [0.1, 0.15) is 31.2 Å². The molecule has 2 aliphatic rings. The van der Waals surface area contributed by atoms with Gasteiger partial charge in [0.2, 0.25) is 0 Å². The van der Waals surface area contributed by atoms with Crippen LogP contribution in [0.2, 0.25) is 0 Å². The van der Waals surface area contributed by atoms with Gasteiger partial charge in [0.15, 0.2) is 5.03 Å². The summed E-state index contributed by atoms with van der Waals surface area (Å²) in [5.41, 5.74) is 0.954. The van der Waals surface area contributed by atoms with E-state index in [4.69, 9.17) is 0 Å². The second-order valence-corrected chi connectivity index (χ2v) is 10.2. The summed E-state index contributed by atoms with van der Waals surface area (Å²) in [7, 11) is -1.93. The van der Waals surface area contributed by atoms with Crippen LogP contribution in [-0.4, -0.2) is 72.0 Å². The average molecular weight is 436 g/mol. The summed E-state index contributed by atoms with van der Waals surface area (Å²) in [6, 6.07) is 6.72. The van der Waals surface area contributed by atoms with Gasteiger partial charge in [-0.05, 0) is 43.6 Å². The van der Waals surface area contributed by atoms with Crippen LogP contribution in [-0.2, 0) is 17.1 Å². The van der Waals surface area contributed by atoms with Crippen LogP contribution in [0.15, 0.2) is 41.8 Å². The number of nitrogens with zero attached hydrogens (tertiary/aromatic N) is 4. The van der Waals surface area contributed by atoms with E-state index in [1.165, 1.54) is 29.0 Å². The van der Waals surface area contributed by atoms with E-state index in [1.54, 1.807) is 23.7 Å². The van der Waals surface area contributed by atoms with Gasteiger partial charge in [-0.15, -0.1) is 0 Å². The van der Waals surface area contributed by atoms with Gasteiger partial charge in [0.05, 0.1) is 6.33 Å². The summed E-state index contributed by atoms with van der Waals surface area (Å²) in [5.74, 6) is -0.328. The van der Waals surface area contributed by atoms with E-state index >= 15 is 0 Å². The Labute approximate surface area is 177 Å². The molecule has 2 aromatic rings. The number of likely N-dealkylation sites (tertiary alicyclic amines) is 1. The number of benzene rings is 1. The van der Waals surface area contributed by atoms with Crippen molar-refractivity contribution in [3.8, 4) is 0 Å². The first kappa shape index (κ1) is 21.4. The smallest absolute Gasteiger partial charge is 0.262 e. The van der Waals surface area contributed by atoms with Gasteiger partial charge < -0.3 is 14.8 Å². The number of likely N-dealkylation sites (N-methyl/N-ethyl adjacent to an activating group) is 1. The fraction of sp³-hybridized carbons (Fsp3) is 0.571. The van der Waals surface area contributed by atoms with Crippen molar-refractivity contribution in [1.82, 2.24) is 24.1 Å². The maximum atomic E-state index is 13.5. The quantitative estimate of drug-likeness (QED) is 0.749. The van der Waals surface area contributed by atoms with Crippen molar-refractivity contribution in [3.05, 3.63) is 48.2 Å². The highest BCUT2D eigenvalue weighted by atomic mass is 32.2. The molecule has 9 heteroatoms. The molecular weight excluding hydrogens is 405 g/mol. The monoisotopic (exact) mass is 435 g/mol. The molecule has 7 nitrogen and oxygen atoms in total. The second kappa shape index (κ2) is 8.74. The lowest BCUT2D eigenvalue weighted by Crippen LogP contribution is -2.51. The number of piperidine rings is 1. The van der Waals surface area contributed by atoms with E-state index in [0.717, 1.165) is 38.0 Å². The summed E-state index contributed by atoms with van der Waals surface area (Å²) in [4.78, 5) is 6.48. The van der Waals surface area contributed by atoms with Gasteiger partial charge in [0.25, 0.3) is 10.0 Å². The number of halogens is 1. The molecule has 164 valence electrons. The maximum Gasteiger partial charge on any atom is 0.262 e. The molecule has 1 N–H and O–H groups in total. The molecular formula is C21H30FN5O2S. The van der Waals surface area contributed by atoms with Gasteiger partial charge >= 0.3 is 0 Å². The van der Waals surface area contributed by atoms with Crippen molar-refractivity contribution in [2.75, 3.05) is 32.7 Å². The van der Waals surface area contributed by atoms with Gasteiger partial charge in [-0.1, -0.05) is 19.1 Å². The molecule has 30 heavy (non-hydrogen) atoms. The number of sulfonamides is 1. The number of nitrogens with one attached hydrogen (secondary N) is 1. The molecule has 0 aliphatic carbocycles. The molecule has 1 aromatic heterocycles. The fourth-order valence-electron chi connectivity index (χ4n) is 4.62. The normalized spacial score (nSPS) is 26.3. The summed E-state index contributed by atoms with van der Waals surface area (Å²) in [5, 5.41) is 3.80. The zero-order chi connectivity index (χ0) is 21.3. The number of aromatic nitrogens is 2. The van der Waals surface area contributed by atoms with E-state index in [1.807, 2.05) is 0 Å². The van der Waals surface area contributed by atoms with E-state index < -0.39 is 10.0 Å². The number of rotatable bonds is 6. The third kappa shape index (κ3) is 4.44. The van der Waals surface area contributed by atoms with E-state index in [9.17, 15) is 12.8 Å². The van der Waals surface area contributed by atoms with Gasteiger partial charge in [-0.3, -0.25) is 0 Å². The molecule has 2 fully saturated rings. The Balaban J connectivity index is 1.58. The fourth-order valence-corrected chi connectivity index (χ4v) is 6.07. The van der Waals surface area contributed by atoms with Crippen LogP contribution in [0.25, 0.3) is 0 Å². The van der Waals surface area contributed by atoms with E-state index in [2.05, 4.69) is 22.1 Å². The Hall–Kier alpha value is -1.81. The molecule has 2 aliphatic heterocycles. The molecule has 3 unspecified atom stereocenters. The van der Waals surface area contributed by atoms with Gasteiger partial charge in [-0.25, -0.2) is 17.8 Å². The first-order valence-corrected chi connectivity index (χ1v) is 12.0. The van der Waals surface area contributed by atoms with Crippen molar-refractivity contribution in [2.45, 2.75) is 42.8 Å². The molecule has 0 amide bonds. The van der Waals surface area contributed by atoms with Crippen molar-refractivity contribution in [3.63, 3.8) is 0 Å². The highest BCUT2D eigenvalue weighted by Gasteiger charge is 2.41. The molecule has 1 aromatic carbocycles. The van der Waals surface area contributed by atoms with Crippen LogP contribution < -0.4 is 5.32 Å². The third-order valence-corrected chi connectivity index (χ3v) is 7.99. The Kier molecular flexibility index (Phi) is 6.24. The second-order valence-electron chi connectivity index (χ2n) is 8.36. The third-order valence-electron chi connectivity index (χ3n) is 6.27. The lowest BCUT2D eigenvalue weighted by Gasteiger charge is -2.35. The average Bonchev–Trinajstić information content (AvgIpc) is 3.36. The van der Waals surface area contributed by atoms with E-state index in [0.29, 0.717) is 19.1 Å². The molecule has 2 saturated heterocycles. The van der Waals surface area contributed by atoms with E-state index in [-0.39, 0.29) is 22.8 Å². The van der Waals surface area contributed by atoms with Gasteiger partial charge in [0.1, 0.15) is 5.82 Å². The molecule has 0 spiro atoms. The van der Waals surface area contributed by atoms with Crippen molar-refractivity contribution in [1.29, 1.82) is 0 Å². The topological polar surface area (TPSA) is 70.5 Å². The molecule has 0 bridgehead atoms. The first-order chi connectivity index (χ1) is 14.4. The van der Waals surface area contributed by atoms with Crippen LogP contribution >= 0.6 is 0 Å². The van der Waals surface area contributed by atoms with Crippen LogP contribution in [0.4, 0.5) is 4.39 Å². The SMILES string of the molecule is CCN1CCCC(NC2CN(S(=O)(=O)c3cn(C)cn3)CC2c2ccc(F)cc2)C1. The number of hydrogen-bond donors (Lipinski definition) is 1. The van der Waals surface area contributed by atoms with Gasteiger partial charge in [-0.2, -0.15) is 4.31 Å². The number of aryl methyl sites for hydroxylation is 1. The zero-order valence-electron chi connectivity index (χ0n) is 17.5. The molecule has 4 rings (SSSR count). The van der Waals surface area contributed by atoms with Crippen LogP contribution in [0, 0.1) is 5.82 Å². The standard InChI is InChI=1S/C21H30FN5O2S/c1-3-26-10-4-5-18(11-26)24-20-13-27(30(28,29)21-14-25(2)15-23-21)12-19(20)16-6-8-17(22)9-7-16/h6-9,14-15,18-20,24H,3-5,10-13H2,1-2H3. The largest absolute Gasteiger partial charge is 0.339 e. The molecule has 3 heterocycles. The predicted octanol–water partition coefficient (Wildman–Crippen LogP) is 1.79. The summed E-state index contributed by atoms with van der Waals surface area (Å²) in [6.07, 6.45) is 5.24. The highest BCUT2D eigenvalue weighted by Crippen LogP contribution is 2.32. The molecule has 0 saturated carbocycles. The highest BCUT2D eigenvalue weighted by molar-refractivity contribution is 7.89. The molecule has 3 atom stereocenters. The number of imidazole rings is 1. The summed E-state index contributed by atoms with van der Waals surface area (Å²) >= 11 is 0. The predicted molar refractivity (Wildman–Crippen MR) is 113 cm³/mol. The van der Waals surface area contributed by atoms with Crippen molar-refractivity contribution >= 4 is 10.0 Å².